The first-order valence-electron chi connectivity index (χ1n) is 16.8. The highest BCUT2D eigenvalue weighted by atomic mass is 16.5. The smallest absolute Gasteiger partial charge is 0.333 e. The average molecular weight is 659 g/mol. The maximum atomic E-state index is 11.9. The molecular formula is C43H46O6. The van der Waals surface area contributed by atoms with Crippen molar-refractivity contribution in [1.29, 1.82) is 0 Å². The van der Waals surface area contributed by atoms with Crippen LogP contribution in [-0.4, -0.2) is 38.4 Å². The van der Waals surface area contributed by atoms with Crippen molar-refractivity contribution < 1.29 is 28.5 Å². The van der Waals surface area contributed by atoms with Crippen LogP contribution < -0.4 is 9.47 Å². The molecule has 49 heavy (non-hydrogen) atoms. The summed E-state index contributed by atoms with van der Waals surface area (Å²) in [5.74, 6) is 0.877. The van der Waals surface area contributed by atoms with Crippen LogP contribution in [0, 0.1) is 27.7 Å². The van der Waals surface area contributed by atoms with Crippen molar-refractivity contribution in [3.05, 3.63) is 142 Å². The summed E-state index contributed by atoms with van der Waals surface area (Å²) < 4.78 is 23.5. The van der Waals surface area contributed by atoms with Crippen LogP contribution in [0.4, 0.5) is 0 Å². The van der Waals surface area contributed by atoms with Gasteiger partial charge in [-0.2, -0.15) is 0 Å². The summed E-state index contributed by atoms with van der Waals surface area (Å²) in [5.41, 5.74) is 11.3. The minimum Gasteiger partial charge on any atom is -0.493 e. The minimum atomic E-state index is -0.660. The van der Waals surface area contributed by atoms with Gasteiger partial charge in [0.05, 0.1) is 31.8 Å². The molecule has 0 saturated heterocycles. The molecule has 6 heteroatoms. The fourth-order valence-corrected chi connectivity index (χ4v) is 6.91. The van der Waals surface area contributed by atoms with Gasteiger partial charge in [0.25, 0.3) is 0 Å². The summed E-state index contributed by atoms with van der Waals surface area (Å²) in [7, 11) is 0. The number of carbonyl (C=O) groups is 2. The van der Waals surface area contributed by atoms with Crippen LogP contribution >= 0.6 is 0 Å². The Balaban J connectivity index is 1.59. The maximum absolute atomic E-state index is 11.9. The molecule has 0 unspecified atom stereocenters. The van der Waals surface area contributed by atoms with E-state index in [-0.39, 0.29) is 13.2 Å². The second-order valence-electron chi connectivity index (χ2n) is 12.8. The number of hydrogen-bond acceptors (Lipinski definition) is 6. The minimum absolute atomic E-state index is 0.260. The van der Waals surface area contributed by atoms with Crippen molar-refractivity contribution in [2.75, 3.05) is 26.4 Å². The second-order valence-corrected chi connectivity index (χ2v) is 12.8. The lowest BCUT2D eigenvalue weighted by atomic mass is 9.65. The monoisotopic (exact) mass is 658 g/mol. The fraction of sp³-hybridized carbons (Fsp3) is 0.302. The Bertz CT molecular complexity index is 1780. The highest BCUT2D eigenvalue weighted by molar-refractivity contribution is 5.88. The molecule has 1 aliphatic rings. The molecule has 0 aromatic heterocycles. The van der Waals surface area contributed by atoms with Gasteiger partial charge in [-0.25, -0.2) is 9.59 Å². The van der Waals surface area contributed by atoms with Gasteiger partial charge in [-0.05, 0) is 97.2 Å². The third kappa shape index (κ3) is 6.78. The maximum Gasteiger partial charge on any atom is 0.333 e. The first kappa shape index (κ1) is 35.2. The van der Waals surface area contributed by atoms with Gasteiger partial charge in [-0.3, -0.25) is 0 Å². The van der Waals surface area contributed by atoms with Crippen molar-refractivity contribution in [1.82, 2.24) is 0 Å². The number of hydrogen-bond donors (Lipinski definition) is 0. The van der Waals surface area contributed by atoms with E-state index in [0.717, 1.165) is 44.9 Å². The molecule has 254 valence electrons. The Labute approximate surface area is 290 Å². The number of benzene rings is 4. The van der Waals surface area contributed by atoms with Gasteiger partial charge in [0, 0.05) is 24.0 Å². The van der Waals surface area contributed by atoms with Crippen molar-refractivity contribution in [2.24, 2.45) is 0 Å². The highest BCUT2D eigenvalue weighted by Gasteiger charge is 2.48. The molecule has 0 saturated carbocycles. The molecule has 0 fully saturated rings. The molecule has 4 aromatic carbocycles. The van der Waals surface area contributed by atoms with E-state index in [1.54, 1.807) is 13.8 Å². The largest absolute Gasteiger partial charge is 0.493 e. The van der Waals surface area contributed by atoms with E-state index < -0.39 is 17.4 Å². The van der Waals surface area contributed by atoms with Gasteiger partial charge in [-0.15, -0.1) is 0 Å². The SMILES string of the molecule is C=C(C)C(=O)OCCCOc1c(C)ccc(C2(c3ccc(C)c(OCCCOC(=O)C(=C)C)c3C)c3ccccc3-c3ccccc32)c1C. The third-order valence-electron chi connectivity index (χ3n) is 9.20. The zero-order valence-corrected chi connectivity index (χ0v) is 29.5. The lowest BCUT2D eigenvalue weighted by molar-refractivity contribution is -0.140. The topological polar surface area (TPSA) is 71.1 Å². The number of aryl methyl sites for hydroxylation is 2. The van der Waals surface area contributed by atoms with Crippen molar-refractivity contribution in [3.63, 3.8) is 0 Å². The van der Waals surface area contributed by atoms with Crippen LogP contribution in [0.5, 0.6) is 11.5 Å². The molecule has 0 aliphatic heterocycles. The Morgan fingerprint density at radius 3 is 1.33 bits per heavy atom. The molecule has 1 aliphatic carbocycles. The average Bonchev–Trinajstić information content (AvgIpc) is 3.37. The quantitative estimate of drug-likeness (QED) is 0.0674. The lowest BCUT2D eigenvalue weighted by Crippen LogP contribution is -2.31. The van der Waals surface area contributed by atoms with Gasteiger partial charge < -0.3 is 18.9 Å². The van der Waals surface area contributed by atoms with E-state index in [2.05, 4.69) is 114 Å². The summed E-state index contributed by atoms with van der Waals surface area (Å²) in [6.45, 7) is 20.3. The summed E-state index contributed by atoms with van der Waals surface area (Å²) in [4.78, 5) is 23.7. The van der Waals surface area contributed by atoms with Gasteiger partial charge in [0.1, 0.15) is 11.5 Å². The van der Waals surface area contributed by atoms with Crippen molar-refractivity contribution in [2.45, 2.75) is 59.8 Å². The van der Waals surface area contributed by atoms with Gasteiger partial charge in [0.15, 0.2) is 0 Å². The highest BCUT2D eigenvalue weighted by Crippen LogP contribution is 2.58. The predicted octanol–water partition coefficient (Wildman–Crippen LogP) is 9.06. The zero-order chi connectivity index (χ0) is 35.3. The van der Waals surface area contributed by atoms with Crippen LogP contribution in [0.15, 0.2) is 97.1 Å². The van der Waals surface area contributed by atoms with E-state index in [1.807, 2.05) is 0 Å². The Hall–Kier alpha value is -5.10. The van der Waals surface area contributed by atoms with Gasteiger partial charge in [-0.1, -0.05) is 86.0 Å². The zero-order valence-electron chi connectivity index (χ0n) is 29.5. The van der Waals surface area contributed by atoms with Crippen LogP contribution in [0.2, 0.25) is 0 Å². The molecule has 0 radical (unpaired) electrons. The number of carbonyl (C=O) groups excluding carboxylic acids is 2. The van der Waals surface area contributed by atoms with Gasteiger partial charge >= 0.3 is 11.9 Å². The number of rotatable bonds is 14. The molecule has 0 atom stereocenters. The van der Waals surface area contributed by atoms with Gasteiger partial charge in [0.2, 0.25) is 0 Å². The van der Waals surface area contributed by atoms with Crippen molar-refractivity contribution >= 4 is 11.9 Å². The first-order chi connectivity index (χ1) is 23.5. The lowest BCUT2D eigenvalue weighted by Gasteiger charge is -2.37. The standard InChI is InChI=1S/C43H46O6/c1-27(2)41(44)48-25-13-23-46-39-29(5)19-21-35(31(39)7)43(37-17-11-9-15-33(37)34-16-10-12-18-38(34)43)36-22-20-30(6)40(32(36)8)47-24-14-26-49-42(45)28(3)4/h9-12,15-22H,1,3,13-14,23-26H2,2,4-8H3. The number of esters is 2. The van der Waals surface area contributed by atoms with E-state index >= 15 is 0 Å². The van der Waals surface area contributed by atoms with Crippen LogP contribution in [0.1, 0.15) is 71.2 Å². The molecule has 0 heterocycles. The summed E-state index contributed by atoms with van der Waals surface area (Å²) >= 11 is 0. The number of ether oxygens (including phenoxy) is 4. The molecule has 4 aromatic rings. The normalized spacial score (nSPS) is 12.4. The molecule has 5 rings (SSSR count). The molecule has 0 spiro atoms. The van der Waals surface area contributed by atoms with Crippen molar-refractivity contribution in [3.8, 4) is 22.6 Å². The van der Waals surface area contributed by atoms with Crippen LogP contribution in [0.25, 0.3) is 11.1 Å². The van der Waals surface area contributed by atoms with Crippen LogP contribution in [0.3, 0.4) is 0 Å². The van der Waals surface area contributed by atoms with E-state index in [1.165, 1.54) is 22.3 Å². The fourth-order valence-electron chi connectivity index (χ4n) is 6.91. The van der Waals surface area contributed by atoms with E-state index in [0.29, 0.717) is 37.2 Å². The Morgan fingerprint density at radius 2 is 0.939 bits per heavy atom. The summed E-state index contributed by atoms with van der Waals surface area (Å²) in [5, 5.41) is 0. The third-order valence-corrected chi connectivity index (χ3v) is 9.20. The van der Waals surface area contributed by atoms with E-state index in [9.17, 15) is 9.59 Å². The Morgan fingerprint density at radius 1 is 0.551 bits per heavy atom. The first-order valence-corrected chi connectivity index (χ1v) is 16.8. The molecular weight excluding hydrogens is 612 g/mol. The Kier molecular flexibility index (Phi) is 10.8. The summed E-state index contributed by atoms with van der Waals surface area (Å²) in [6, 6.07) is 26.0. The molecule has 0 N–H and O–H groups in total. The van der Waals surface area contributed by atoms with E-state index in [4.69, 9.17) is 18.9 Å². The molecule has 6 nitrogen and oxygen atoms in total. The second kappa shape index (κ2) is 15.0. The predicted molar refractivity (Wildman–Crippen MR) is 194 cm³/mol. The van der Waals surface area contributed by atoms with Crippen LogP contribution in [-0.2, 0) is 24.5 Å². The molecule has 0 bridgehead atoms. The summed E-state index contributed by atoms with van der Waals surface area (Å²) in [6.07, 6.45) is 1.12. The number of fused-ring (bicyclic) bond motifs is 3. The molecule has 0 amide bonds.